The van der Waals surface area contributed by atoms with E-state index in [9.17, 15) is 0 Å². The molecular formula is C14H14Cl2N2. The molecule has 0 unspecified atom stereocenters. The van der Waals surface area contributed by atoms with Crippen molar-refractivity contribution in [2.24, 2.45) is 0 Å². The van der Waals surface area contributed by atoms with E-state index in [1.807, 2.05) is 13.8 Å². The Morgan fingerprint density at radius 1 is 0.944 bits per heavy atom. The number of nitrogens with one attached hydrogen (secondary N) is 1. The van der Waals surface area contributed by atoms with Crippen LogP contribution in [0.2, 0.25) is 10.0 Å². The molecule has 0 amide bonds. The third-order valence-electron chi connectivity index (χ3n) is 2.75. The normalized spacial score (nSPS) is 10.4. The summed E-state index contributed by atoms with van der Waals surface area (Å²) in [5.74, 6) is 0. The molecule has 0 aliphatic carbocycles. The molecule has 0 saturated carbocycles. The average molecular weight is 281 g/mol. The van der Waals surface area contributed by atoms with Crippen LogP contribution in [-0.2, 0) is 0 Å². The molecule has 94 valence electrons. The van der Waals surface area contributed by atoms with E-state index in [0.29, 0.717) is 15.7 Å². The monoisotopic (exact) mass is 280 g/mol. The summed E-state index contributed by atoms with van der Waals surface area (Å²) in [6.07, 6.45) is 0. The van der Waals surface area contributed by atoms with Gasteiger partial charge in [0.25, 0.3) is 0 Å². The molecule has 2 rings (SSSR count). The number of halogens is 2. The molecule has 2 aromatic rings. The number of aryl methyl sites for hydroxylation is 2. The van der Waals surface area contributed by atoms with Gasteiger partial charge in [-0.1, -0.05) is 35.3 Å². The summed E-state index contributed by atoms with van der Waals surface area (Å²) in [7, 11) is 0. The molecule has 0 spiro atoms. The Kier molecular flexibility index (Phi) is 3.69. The van der Waals surface area contributed by atoms with Gasteiger partial charge in [0.05, 0.1) is 21.4 Å². The summed E-state index contributed by atoms with van der Waals surface area (Å²) in [5, 5.41) is 4.23. The Morgan fingerprint density at radius 2 is 1.61 bits per heavy atom. The highest BCUT2D eigenvalue weighted by Gasteiger charge is 2.06. The Morgan fingerprint density at radius 3 is 2.33 bits per heavy atom. The molecular weight excluding hydrogens is 267 g/mol. The van der Waals surface area contributed by atoms with E-state index in [4.69, 9.17) is 28.9 Å². The van der Waals surface area contributed by atoms with Crippen molar-refractivity contribution in [1.82, 2.24) is 0 Å². The Labute approximate surface area is 117 Å². The average Bonchev–Trinajstić information content (AvgIpc) is 2.30. The molecule has 0 fully saturated rings. The first-order valence-corrected chi connectivity index (χ1v) is 6.32. The Hall–Kier alpha value is -1.38. The van der Waals surface area contributed by atoms with E-state index in [-0.39, 0.29) is 0 Å². The van der Waals surface area contributed by atoms with Crippen molar-refractivity contribution in [1.29, 1.82) is 0 Å². The Balaban J connectivity index is 2.40. The van der Waals surface area contributed by atoms with Crippen LogP contribution in [-0.4, -0.2) is 0 Å². The van der Waals surface area contributed by atoms with Gasteiger partial charge >= 0.3 is 0 Å². The van der Waals surface area contributed by atoms with E-state index in [1.54, 1.807) is 12.1 Å². The first-order chi connectivity index (χ1) is 8.47. The van der Waals surface area contributed by atoms with Crippen molar-refractivity contribution < 1.29 is 0 Å². The highest BCUT2D eigenvalue weighted by Crippen LogP contribution is 2.33. The number of anilines is 3. The molecule has 4 heteroatoms. The zero-order valence-electron chi connectivity index (χ0n) is 10.2. The van der Waals surface area contributed by atoms with Gasteiger partial charge in [-0.3, -0.25) is 0 Å². The van der Waals surface area contributed by atoms with E-state index in [1.165, 1.54) is 5.56 Å². The quantitative estimate of drug-likeness (QED) is 0.765. The Bertz CT molecular complexity index is 595. The molecule has 0 aliphatic heterocycles. The molecule has 18 heavy (non-hydrogen) atoms. The van der Waals surface area contributed by atoms with Crippen molar-refractivity contribution in [3.8, 4) is 0 Å². The van der Waals surface area contributed by atoms with Crippen LogP contribution in [0.3, 0.4) is 0 Å². The fourth-order valence-corrected chi connectivity index (χ4v) is 2.02. The minimum atomic E-state index is 0.459. The van der Waals surface area contributed by atoms with E-state index >= 15 is 0 Å². The smallest absolute Gasteiger partial charge is 0.0634 e. The maximum atomic E-state index is 6.00. The van der Waals surface area contributed by atoms with Crippen molar-refractivity contribution >= 4 is 40.3 Å². The van der Waals surface area contributed by atoms with Gasteiger partial charge in [0.1, 0.15) is 0 Å². The van der Waals surface area contributed by atoms with Crippen LogP contribution in [0.15, 0.2) is 30.3 Å². The molecule has 0 radical (unpaired) electrons. The van der Waals surface area contributed by atoms with Crippen molar-refractivity contribution in [3.63, 3.8) is 0 Å². The fourth-order valence-electron chi connectivity index (χ4n) is 1.69. The minimum Gasteiger partial charge on any atom is -0.397 e. The van der Waals surface area contributed by atoms with Gasteiger partial charge < -0.3 is 11.1 Å². The van der Waals surface area contributed by atoms with Crippen LogP contribution in [0.1, 0.15) is 11.1 Å². The van der Waals surface area contributed by atoms with Crippen LogP contribution in [0.25, 0.3) is 0 Å². The number of nitrogen functional groups attached to an aromatic ring is 1. The van der Waals surface area contributed by atoms with Gasteiger partial charge in [0, 0.05) is 5.69 Å². The topological polar surface area (TPSA) is 38.0 Å². The maximum Gasteiger partial charge on any atom is 0.0634 e. The number of nitrogens with two attached hydrogens (primary N) is 1. The highest BCUT2D eigenvalue weighted by atomic mass is 35.5. The lowest BCUT2D eigenvalue weighted by Gasteiger charge is -2.13. The third-order valence-corrected chi connectivity index (χ3v) is 3.48. The lowest BCUT2D eigenvalue weighted by atomic mass is 10.1. The summed E-state index contributed by atoms with van der Waals surface area (Å²) in [6, 6.07) is 9.58. The summed E-state index contributed by atoms with van der Waals surface area (Å²) in [6.45, 7) is 4.08. The van der Waals surface area contributed by atoms with Crippen LogP contribution < -0.4 is 11.1 Å². The maximum absolute atomic E-state index is 6.00. The second kappa shape index (κ2) is 5.09. The second-order valence-corrected chi connectivity index (χ2v) is 5.11. The molecule has 2 nitrogen and oxygen atoms in total. The van der Waals surface area contributed by atoms with Gasteiger partial charge in [-0.15, -0.1) is 0 Å². The number of benzene rings is 2. The van der Waals surface area contributed by atoms with E-state index in [0.717, 1.165) is 16.9 Å². The molecule has 0 saturated heterocycles. The first kappa shape index (κ1) is 13.1. The molecule has 2 aromatic carbocycles. The number of hydrogen-bond donors (Lipinski definition) is 2. The van der Waals surface area contributed by atoms with Gasteiger partial charge in [-0.05, 0) is 43.2 Å². The molecule has 0 bridgehead atoms. The van der Waals surface area contributed by atoms with Gasteiger partial charge in [-0.25, -0.2) is 0 Å². The predicted molar refractivity (Wildman–Crippen MR) is 80.1 cm³/mol. The number of rotatable bonds is 2. The zero-order valence-corrected chi connectivity index (χ0v) is 11.7. The van der Waals surface area contributed by atoms with Gasteiger partial charge in [0.2, 0.25) is 0 Å². The number of hydrogen-bond acceptors (Lipinski definition) is 2. The summed E-state index contributed by atoms with van der Waals surface area (Å²) in [5.41, 5.74) is 10.6. The summed E-state index contributed by atoms with van der Waals surface area (Å²) < 4.78 is 0. The molecule has 0 aromatic heterocycles. The van der Waals surface area contributed by atoms with Crippen LogP contribution in [0.5, 0.6) is 0 Å². The first-order valence-electron chi connectivity index (χ1n) is 5.56. The lowest BCUT2D eigenvalue weighted by molar-refractivity contribution is 1.38. The van der Waals surface area contributed by atoms with Gasteiger partial charge in [0.15, 0.2) is 0 Å². The van der Waals surface area contributed by atoms with Crippen molar-refractivity contribution in [3.05, 3.63) is 51.5 Å². The molecule has 0 atom stereocenters. The van der Waals surface area contributed by atoms with Crippen molar-refractivity contribution in [2.45, 2.75) is 13.8 Å². The van der Waals surface area contributed by atoms with E-state index in [2.05, 4.69) is 23.5 Å². The third kappa shape index (κ3) is 2.71. The SMILES string of the molecule is Cc1ccc(C)c(Nc2cc(Cl)c(Cl)cc2N)c1. The van der Waals surface area contributed by atoms with Gasteiger partial charge in [-0.2, -0.15) is 0 Å². The molecule has 0 heterocycles. The molecule has 3 N–H and O–H groups in total. The summed E-state index contributed by atoms with van der Waals surface area (Å²) >= 11 is 11.9. The zero-order chi connectivity index (χ0) is 13.3. The second-order valence-electron chi connectivity index (χ2n) is 4.30. The van der Waals surface area contributed by atoms with E-state index < -0.39 is 0 Å². The minimum absolute atomic E-state index is 0.459. The van der Waals surface area contributed by atoms with Crippen molar-refractivity contribution in [2.75, 3.05) is 11.1 Å². The lowest BCUT2D eigenvalue weighted by Crippen LogP contribution is -1.98. The standard InChI is InChI=1S/C14H14Cl2N2/c1-8-3-4-9(2)13(5-8)18-14-7-11(16)10(15)6-12(14)17/h3-7,18H,17H2,1-2H3. The summed E-state index contributed by atoms with van der Waals surface area (Å²) in [4.78, 5) is 0. The highest BCUT2D eigenvalue weighted by molar-refractivity contribution is 6.42. The van der Waals surface area contributed by atoms with Crippen LogP contribution in [0, 0.1) is 13.8 Å². The van der Waals surface area contributed by atoms with Crippen LogP contribution >= 0.6 is 23.2 Å². The van der Waals surface area contributed by atoms with Crippen LogP contribution in [0.4, 0.5) is 17.1 Å². The fraction of sp³-hybridized carbons (Fsp3) is 0.143. The largest absolute Gasteiger partial charge is 0.397 e. The molecule has 0 aliphatic rings. The predicted octanol–water partition coefficient (Wildman–Crippen LogP) is 4.94.